The van der Waals surface area contributed by atoms with Gasteiger partial charge in [-0.25, -0.2) is 0 Å². The normalized spacial score (nSPS) is 10.8. The second-order valence-electron chi connectivity index (χ2n) is 7.24. The van der Waals surface area contributed by atoms with E-state index in [4.69, 9.17) is 20.8 Å². The number of amides is 1. The Balaban J connectivity index is 1.35. The van der Waals surface area contributed by atoms with Gasteiger partial charge in [-0.3, -0.25) is 14.3 Å². The maximum Gasteiger partial charge on any atom is 0.292 e. The Kier molecular flexibility index (Phi) is 6.96. The molecule has 0 bridgehead atoms. The quantitative estimate of drug-likeness (QED) is 0.285. The van der Waals surface area contributed by atoms with E-state index in [-0.39, 0.29) is 18.2 Å². The lowest BCUT2D eigenvalue weighted by atomic mass is 10.1. The molecule has 1 N–H and O–H groups in total. The van der Waals surface area contributed by atoms with Gasteiger partial charge in [0.1, 0.15) is 18.1 Å². The summed E-state index contributed by atoms with van der Waals surface area (Å²) < 4.78 is 13.6. The minimum atomic E-state index is -0.426. The summed E-state index contributed by atoms with van der Waals surface area (Å²) in [6.07, 6.45) is 1.78. The van der Waals surface area contributed by atoms with E-state index < -0.39 is 5.91 Å². The Morgan fingerprint density at radius 3 is 2.52 bits per heavy atom. The van der Waals surface area contributed by atoms with Crippen molar-refractivity contribution in [3.63, 3.8) is 0 Å². The molecular weight excluding hydrogens is 510 g/mol. The van der Waals surface area contributed by atoms with E-state index in [9.17, 15) is 9.59 Å². The minimum Gasteiger partial charge on any atom is -0.486 e. The van der Waals surface area contributed by atoms with E-state index in [2.05, 4.69) is 26.3 Å². The third kappa shape index (κ3) is 5.91. The molecule has 0 saturated heterocycles. The Bertz CT molecular complexity index is 1280. The molecule has 168 valence electrons. The largest absolute Gasteiger partial charge is 0.486 e. The number of nitrogens with one attached hydrogen (secondary N) is 1. The first-order valence-corrected chi connectivity index (χ1v) is 11.2. The zero-order chi connectivity index (χ0) is 23.4. The highest BCUT2D eigenvalue weighted by molar-refractivity contribution is 9.10. The second kappa shape index (κ2) is 10.1. The van der Waals surface area contributed by atoms with Crippen LogP contribution in [0.15, 0.2) is 75.8 Å². The van der Waals surface area contributed by atoms with Gasteiger partial charge in [-0.05, 0) is 76.9 Å². The molecule has 4 rings (SSSR count). The Labute approximate surface area is 203 Å². The van der Waals surface area contributed by atoms with Gasteiger partial charge in [0.25, 0.3) is 5.91 Å². The first-order valence-electron chi connectivity index (χ1n) is 9.98. The predicted octanol–water partition coefficient (Wildman–Crippen LogP) is 5.97. The summed E-state index contributed by atoms with van der Waals surface area (Å²) in [6.45, 7) is 2.18. The third-order valence-corrected chi connectivity index (χ3v) is 5.57. The number of nitrogens with zero attached hydrogens (tertiary/aromatic N) is 2. The lowest BCUT2D eigenvalue weighted by molar-refractivity contribution is 0.0990. The molecule has 1 amide bonds. The molecule has 7 nitrogen and oxygen atoms in total. The third-order valence-electron chi connectivity index (χ3n) is 4.73. The number of furan rings is 1. The van der Waals surface area contributed by atoms with Crippen LogP contribution in [-0.2, 0) is 13.2 Å². The Morgan fingerprint density at radius 1 is 1.09 bits per heavy atom. The first kappa shape index (κ1) is 22.8. The zero-order valence-electron chi connectivity index (χ0n) is 17.5. The highest BCUT2D eigenvalue weighted by atomic mass is 79.9. The molecule has 4 aromatic rings. The maximum atomic E-state index is 12.6. The maximum absolute atomic E-state index is 12.6. The molecule has 9 heteroatoms. The van der Waals surface area contributed by atoms with Gasteiger partial charge in [0, 0.05) is 16.8 Å². The van der Waals surface area contributed by atoms with E-state index in [1.54, 1.807) is 47.3 Å². The van der Waals surface area contributed by atoms with Gasteiger partial charge in [0.15, 0.2) is 17.4 Å². The molecule has 0 unspecified atom stereocenters. The summed E-state index contributed by atoms with van der Waals surface area (Å²) in [6, 6.07) is 17.5. The van der Waals surface area contributed by atoms with Crippen LogP contribution in [0.3, 0.4) is 0 Å². The summed E-state index contributed by atoms with van der Waals surface area (Å²) in [5.41, 5.74) is 1.64. The van der Waals surface area contributed by atoms with E-state index in [1.807, 2.05) is 24.3 Å². The van der Waals surface area contributed by atoms with Gasteiger partial charge in [-0.1, -0.05) is 23.7 Å². The van der Waals surface area contributed by atoms with E-state index >= 15 is 0 Å². The van der Waals surface area contributed by atoms with Crippen molar-refractivity contribution in [1.82, 2.24) is 9.78 Å². The van der Waals surface area contributed by atoms with Gasteiger partial charge in [-0.2, -0.15) is 5.10 Å². The number of aromatic nitrogens is 2. The smallest absolute Gasteiger partial charge is 0.292 e. The van der Waals surface area contributed by atoms with Crippen LogP contribution in [0.5, 0.6) is 5.75 Å². The van der Waals surface area contributed by atoms with E-state index in [0.717, 1.165) is 5.56 Å². The van der Waals surface area contributed by atoms with Gasteiger partial charge in [-0.15, -0.1) is 0 Å². The number of carbonyl (C=O) groups excluding carboxylic acids is 2. The molecule has 0 radical (unpaired) electrons. The fourth-order valence-corrected chi connectivity index (χ4v) is 3.57. The van der Waals surface area contributed by atoms with Crippen molar-refractivity contribution in [2.75, 3.05) is 5.32 Å². The van der Waals surface area contributed by atoms with E-state index in [0.29, 0.717) is 38.9 Å². The van der Waals surface area contributed by atoms with Crippen LogP contribution in [0.4, 0.5) is 5.82 Å². The van der Waals surface area contributed by atoms with Crippen LogP contribution < -0.4 is 10.1 Å². The van der Waals surface area contributed by atoms with Gasteiger partial charge in [0.05, 0.1) is 11.0 Å². The number of halogens is 2. The number of carbonyl (C=O) groups is 2. The standard InChI is InChI=1S/C24H19BrClN3O4/c1-15(30)17-4-8-19(9-5-17)32-14-20-10-11-22(33-20)24(31)27-23-21(25)13-29(28-23)12-16-2-6-18(26)7-3-16/h2-11,13H,12,14H2,1H3,(H,27,28,31). The molecule has 2 aromatic carbocycles. The molecule has 0 aliphatic carbocycles. The molecule has 0 atom stereocenters. The van der Waals surface area contributed by atoms with Crippen molar-refractivity contribution in [3.8, 4) is 5.75 Å². The molecule has 2 aromatic heterocycles. The number of benzene rings is 2. The lowest BCUT2D eigenvalue weighted by Crippen LogP contribution is -2.12. The van der Waals surface area contributed by atoms with Gasteiger partial charge in [0.2, 0.25) is 0 Å². The number of Topliss-reactive ketones (excluding diaryl/α,β-unsaturated/α-hetero) is 1. The number of ether oxygens (including phenoxy) is 1. The monoisotopic (exact) mass is 527 g/mol. The summed E-state index contributed by atoms with van der Waals surface area (Å²) in [7, 11) is 0. The van der Waals surface area contributed by atoms with Crippen molar-refractivity contribution >= 4 is 45.0 Å². The predicted molar refractivity (Wildman–Crippen MR) is 128 cm³/mol. The van der Waals surface area contributed by atoms with Crippen molar-refractivity contribution in [3.05, 3.63) is 99.0 Å². The minimum absolute atomic E-state index is 0.00955. The molecule has 0 saturated carbocycles. The Hall–Kier alpha value is -3.36. The summed E-state index contributed by atoms with van der Waals surface area (Å²) in [5.74, 6) is 1.17. The van der Waals surface area contributed by atoms with Crippen LogP contribution in [0.25, 0.3) is 0 Å². The fraction of sp³-hybridized carbons (Fsp3) is 0.125. The molecule has 2 heterocycles. The van der Waals surface area contributed by atoms with Crippen LogP contribution in [-0.4, -0.2) is 21.5 Å². The second-order valence-corrected chi connectivity index (χ2v) is 8.53. The number of hydrogen-bond acceptors (Lipinski definition) is 5. The van der Waals surface area contributed by atoms with Crippen molar-refractivity contribution in [2.45, 2.75) is 20.1 Å². The highest BCUT2D eigenvalue weighted by Gasteiger charge is 2.16. The van der Waals surface area contributed by atoms with E-state index in [1.165, 1.54) is 6.92 Å². The molecule has 33 heavy (non-hydrogen) atoms. The van der Waals surface area contributed by atoms with Gasteiger partial charge < -0.3 is 14.5 Å². The number of anilines is 1. The molecule has 0 aliphatic heterocycles. The average Bonchev–Trinajstić information content (AvgIpc) is 3.41. The fourth-order valence-electron chi connectivity index (χ4n) is 3.03. The highest BCUT2D eigenvalue weighted by Crippen LogP contribution is 2.23. The van der Waals surface area contributed by atoms with Crippen LogP contribution >= 0.6 is 27.5 Å². The van der Waals surface area contributed by atoms with Crippen molar-refractivity contribution in [1.29, 1.82) is 0 Å². The zero-order valence-corrected chi connectivity index (χ0v) is 19.9. The molecule has 0 aliphatic rings. The van der Waals surface area contributed by atoms with Crippen LogP contribution in [0, 0.1) is 0 Å². The SMILES string of the molecule is CC(=O)c1ccc(OCc2ccc(C(=O)Nc3nn(Cc4ccc(Cl)cc4)cc3Br)o2)cc1. The van der Waals surface area contributed by atoms with Crippen LogP contribution in [0.2, 0.25) is 5.02 Å². The van der Waals surface area contributed by atoms with Crippen molar-refractivity contribution < 1.29 is 18.7 Å². The topological polar surface area (TPSA) is 86.4 Å². The van der Waals surface area contributed by atoms with Crippen LogP contribution in [0.1, 0.15) is 39.2 Å². The number of hydrogen-bond donors (Lipinski definition) is 1. The lowest BCUT2D eigenvalue weighted by Gasteiger charge is -2.05. The van der Waals surface area contributed by atoms with Crippen molar-refractivity contribution in [2.24, 2.45) is 0 Å². The number of rotatable bonds is 8. The summed E-state index contributed by atoms with van der Waals surface area (Å²) >= 11 is 9.34. The first-order chi connectivity index (χ1) is 15.9. The van der Waals surface area contributed by atoms with Gasteiger partial charge >= 0.3 is 0 Å². The average molecular weight is 529 g/mol. The Morgan fingerprint density at radius 2 is 1.82 bits per heavy atom. The number of ketones is 1. The molecular formula is C24H19BrClN3O4. The summed E-state index contributed by atoms with van der Waals surface area (Å²) in [4.78, 5) is 23.9. The molecule has 0 spiro atoms. The summed E-state index contributed by atoms with van der Waals surface area (Å²) in [5, 5.41) is 7.82. The molecule has 0 fully saturated rings.